The second kappa shape index (κ2) is 8.39. The minimum Gasteiger partial charge on any atom is -0.489 e. The maximum Gasteiger partial charge on any atom is 0.293 e. The molecule has 0 unspecified atom stereocenters. The molecule has 0 aliphatic carbocycles. The Morgan fingerprint density at radius 2 is 1.78 bits per heavy atom. The number of hydrogen-bond acceptors (Lipinski definition) is 4. The monoisotopic (exact) mass is 385 g/mol. The zero-order chi connectivity index (χ0) is 19.4. The van der Waals surface area contributed by atoms with Crippen molar-refractivity contribution in [1.29, 1.82) is 0 Å². The number of carbonyl (C=O) groups is 2. The van der Waals surface area contributed by atoms with Crippen molar-refractivity contribution in [2.75, 3.05) is 0 Å². The van der Waals surface area contributed by atoms with Crippen molar-refractivity contribution in [3.8, 4) is 5.75 Å². The highest BCUT2D eigenvalue weighted by Crippen LogP contribution is 2.34. The SMILES string of the molecule is CC[C@@H](C)N1C(=O)S/C(=C/c2ccc(OCc3ccc(F)cc3)cc2)C1=O. The molecule has 2 aromatic rings. The first kappa shape index (κ1) is 19.2. The average molecular weight is 385 g/mol. The van der Waals surface area contributed by atoms with Crippen molar-refractivity contribution in [3.05, 3.63) is 70.4 Å². The summed E-state index contributed by atoms with van der Waals surface area (Å²) in [4.78, 5) is 26.2. The van der Waals surface area contributed by atoms with Crippen LogP contribution in [0.15, 0.2) is 53.4 Å². The second-order valence-electron chi connectivity index (χ2n) is 6.29. The highest BCUT2D eigenvalue weighted by atomic mass is 32.2. The van der Waals surface area contributed by atoms with Gasteiger partial charge in [-0.25, -0.2) is 4.39 Å². The van der Waals surface area contributed by atoms with Crippen LogP contribution in [0.5, 0.6) is 5.75 Å². The molecule has 6 heteroatoms. The molecule has 0 aromatic heterocycles. The fourth-order valence-corrected chi connectivity index (χ4v) is 3.53. The summed E-state index contributed by atoms with van der Waals surface area (Å²) in [5.74, 6) is 0.154. The molecule has 2 amide bonds. The summed E-state index contributed by atoms with van der Waals surface area (Å²) in [5, 5.41) is -0.222. The van der Waals surface area contributed by atoms with Crippen LogP contribution >= 0.6 is 11.8 Å². The predicted molar refractivity (Wildman–Crippen MR) is 105 cm³/mol. The fraction of sp³-hybridized carbons (Fsp3) is 0.238. The third kappa shape index (κ3) is 4.57. The Hall–Kier alpha value is -2.60. The van der Waals surface area contributed by atoms with Crippen molar-refractivity contribution in [1.82, 2.24) is 4.90 Å². The molecule has 2 aromatic carbocycles. The number of imide groups is 1. The van der Waals surface area contributed by atoms with Gasteiger partial charge in [0.15, 0.2) is 0 Å². The topological polar surface area (TPSA) is 46.6 Å². The van der Waals surface area contributed by atoms with Crippen LogP contribution in [-0.2, 0) is 11.4 Å². The lowest BCUT2D eigenvalue weighted by molar-refractivity contribution is -0.124. The number of nitrogens with zero attached hydrogens (tertiary/aromatic N) is 1. The molecule has 27 heavy (non-hydrogen) atoms. The van der Waals surface area contributed by atoms with E-state index in [0.29, 0.717) is 17.3 Å². The summed E-state index contributed by atoms with van der Waals surface area (Å²) in [6.07, 6.45) is 2.45. The molecule has 1 fully saturated rings. The lowest BCUT2D eigenvalue weighted by atomic mass is 10.2. The van der Waals surface area contributed by atoms with Gasteiger partial charge in [-0.2, -0.15) is 0 Å². The van der Waals surface area contributed by atoms with Crippen molar-refractivity contribution in [2.45, 2.75) is 32.9 Å². The molecule has 0 saturated carbocycles. The van der Waals surface area contributed by atoms with Gasteiger partial charge >= 0.3 is 0 Å². The Morgan fingerprint density at radius 3 is 2.41 bits per heavy atom. The van der Waals surface area contributed by atoms with Crippen molar-refractivity contribution < 1.29 is 18.7 Å². The zero-order valence-corrected chi connectivity index (χ0v) is 16.0. The Balaban J connectivity index is 1.65. The first-order valence-corrected chi connectivity index (χ1v) is 9.54. The molecule has 0 bridgehead atoms. The lowest BCUT2D eigenvalue weighted by Gasteiger charge is -2.19. The van der Waals surface area contributed by atoms with Gasteiger partial charge in [0, 0.05) is 6.04 Å². The molecule has 0 spiro atoms. The summed E-state index contributed by atoms with van der Waals surface area (Å²) in [6.45, 7) is 4.16. The van der Waals surface area contributed by atoms with Crippen LogP contribution in [0.2, 0.25) is 0 Å². The van der Waals surface area contributed by atoms with E-state index in [1.807, 2.05) is 26.0 Å². The number of halogens is 1. The van der Waals surface area contributed by atoms with E-state index in [0.717, 1.165) is 29.3 Å². The molecule has 1 atom stereocenters. The maximum atomic E-state index is 12.9. The number of rotatable bonds is 6. The molecule has 1 saturated heterocycles. The van der Waals surface area contributed by atoms with Gasteiger partial charge in [0.25, 0.3) is 11.1 Å². The van der Waals surface area contributed by atoms with Crippen molar-refractivity contribution in [3.63, 3.8) is 0 Å². The summed E-state index contributed by atoms with van der Waals surface area (Å²) in [5.41, 5.74) is 1.69. The quantitative estimate of drug-likeness (QED) is 0.638. The van der Waals surface area contributed by atoms with Crippen LogP contribution in [0.3, 0.4) is 0 Å². The number of benzene rings is 2. The van der Waals surface area contributed by atoms with Gasteiger partial charge < -0.3 is 4.74 Å². The van der Waals surface area contributed by atoms with Gasteiger partial charge in [0.2, 0.25) is 0 Å². The molecule has 140 valence electrons. The maximum absolute atomic E-state index is 12.9. The van der Waals surface area contributed by atoms with Crippen LogP contribution in [0.1, 0.15) is 31.4 Å². The number of carbonyl (C=O) groups excluding carboxylic acids is 2. The fourth-order valence-electron chi connectivity index (χ4n) is 2.60. The van der Waals surface area contributed by atoms with E-state index < -0.39 is 0 Å². The molecular formula is C21H20FNO3S. The highest BCUT2D eigenvalue weighted by molar-refractivity contribution is 8.18. The Bertz CT molecular complexity index is 862. The van der Waals surface area contributed by atoms with Gasteiger partial charge in [-0.05, 0) is 66.6 Å². The Kier molecular flexibility index (Phi) is 5.96. The lowest BCUT2D eigenvalue weighted by Crippen LogP contribution is -2.36. The Morgan fingerprint density at radius 1 is 1.11 bits per heavy atom. The number of amides is 2. The number of thioether (sulfide) groups is 1. The standard InChI is InChI=1S/C21H20FNO3S/c1-3-14(2)23-20(24)19(27-21(23)25)12-15-6-10-18(11-7-15)26-13-16-4-8-17(22)9-5-16/h4-12,14H,3,13H2,1-2H3/b19-12+/t14-/m1/s1. The highest BCUT2D eigenvalue weighted by Gasteiger charge is 2.37. The van der Waals surface area contributed by atoms with E-state index in [1.54, 1.807) is 30.3 Å². The van der Waals surface area contributed by atoms with Crippen LogP contribution < -0.4 is 4.74 Å². The van der Waals surface area contributed by atoms with Crippen LogP contribution in [-0.4, -0.2) is 22.1 Å². The van der Waals surface area contributed by atoms with Crippen molar-refractivity contribution >= 4 is 29.0 Å². The molecule has 4 nitrogen and oxygen atoms in total. The normalized spacial score (nSPS) is 16.9. The van der Waals surface area contributed by atoms with Gasteiger partial charge in [-0.15, -0.1) is 0 Å². The van der Waals surface area contributed by atoms with Gasteiger partial charge in [-0.3, -0.25) is 14.5 Å². The largest absolute Gasteiger partial charge is 0.489 e. The molecule has 1 aliphatic heterocycles. The third-order valence-electron chi connectivity index (χ3n) is 4.35. The van der Waals surface area contributed by atoms with Gasteiger partial charge in [-0.1, -0.05) is 31.2 Å². The second-order valence-corrected chi connectivity index (χ2v) is 7.29. The minimum absolute atomic E-state index is 0.106. The number of ether oxygens (including phenoxy) is 1. The van der Waals surface area contributed by atoms with E-state index in [-0.39, 0.29) is 23.0 Å². The van der Waals surface area contributed by atoms with Gasteiger partial charge in [0.05, 0.1) is 4.91 Å². The van der Waals surface area contributed by atoms with E-state index in [9.17, 15) is 14.0 Å². The van der Waals surface area contributed by atoms with E-state index in [1.165, 1.54) is 17.0 Å². The van der Waals surface area contributed by atoms with Crippen molar-refractivity contribution in [2.24, 2.45) is 0 Å². The predicted octanol–water partition coefficient (Wildman–Crippen LogP) is 5.24. The molecule has 3 rings (SSSR count). The summed E-state index contributed by atoms with van der Waals surface area (Å²) in [6, 6.07) is 13.3. The summed E-state index contributed by atoms with van der Waals surface area (Å²) in [7, 11) is 0. The van der Waals surface area contributed by atoms with E-state index in [2.05, 4.69) is 0 Å². The number of hydrogen-bond donors (Lipinski definition) is 0. The smallest absolute Gasteiger partial charge is 0.293 e. The Labute approximate surface area is 162 Å². The summed E-state index contributed by atoms with van der Waals surface area (Å²) < 4.78 is 18.6. The molecule has 1 aliphatic rings. The summed E-state index contributed by atoms with van der Waals surface area (Å²) >= 11 is 0.970. The molecule has 0 N–H and O–H groups in total. The van der Waals surface area contributed by atoms with Crippen LogP contribution in [0.25, 0.3) is 6.08 Å². The molecular weight excluding hydrogens is 365 g/mol. The minimum atomic E-state index is -0.277. The zero-order valence-electron chi connectivity index (χ0n) is 15.1. The van der Waals surface area contributed by atoms with Crippen LogP contribution in [0.4, 0.5) is 9.18 Å². The van der Waals surface area contributed by atoms with E-state index >= 15 is 0 Å². The van der Waals surface area contributed by atoms with Crippen LogP contribution in [0, 0.1) is 5.82 Å². The average Bonchev–Trinajstić information content (AvgIpc) is 2.95. The molecule has 0 radical (unpaired) electrons. The van der Waals surface area contributed by atoms with Gasteiger partial charge in [0.1, 0.15) is 18.2 Å². The first-order chi connectivity index (χ1) is 13.0. The first-order valence-electron chi connectivity index (χ1n) is 8.72. The molecule has 1 heterocycles. The third-order valence-corrected chi connectivity index (χ3v) is 5.24. The van der Waals surface area contributed by atoms with E-state index in [4.69, 9.17) is 4.74 Å².